The van der Waals surface area contributed by atoms with Gasteiger partial charge in [0.15, 0.2) is 0 Å². The van der Waals surface area contributed by atoms with Gasteiger partial charge in [-0.15, -0.1) is 0 Å². The molecule has 1 fully saturated rings. The summed E-state index contributed by atoms with van der Waals surface area (Å²) in [6.45, 7) is 2.47. The van der Waals surface area contributed by atoms with Crippen LogP contribution in [0.1, 0.15) is 10.5 Å². The van der Waals surface area contributed by atoms with E-state index >= 15 is 0 Å². The Balaban J connectivity index is 2.05. The van der Waals surface area contributed by atoms with Crippen LogP contribution in [0.15, 0.2) is 12.1 Å². The van der Waals surface area contributed by atoms with Gasteiger partial charge in [0.05, 0.1) is 18.2 Å². The zero-order valence-corrected chi connectivity index (χ0v) is 10.5. The number of amides is 1. The van der Waals surface area contributed by atoms with Crippen molar-refractivity contribution in [1.29, 1.82) is 0 Å². The molecule has 2 heterocycles. The second kappa shape index (κ2) is 5.64. The van der Waals surface area contributed by atoms with Crippen molar-refractivity contribution in [2.24, 2.45) is 0 Å². The molecule has 1 N–H and O–H groups in total. The first kappa shape index (κ1) is 12.6. The smallest absolute Gasteiger partial charge is 0.285 e. The number of hydrogen-bond donors (Lipinski definition) is 1. The number of morpholine rings is 1. The van der Waals surface area contributed by atoms with Gasteiger partial charge in [0.25, 0.3) is 5.91 Å². The van der Waals surface area contributed by atoms with Gasteiger partial charge in [0.2, 0.25) is 0 Å². The Labute approximate surface area is 109 Å². The van der Waals surface area contributed by atoms with Crippen molar-refractivity contribution in [1.82, 2.24) is 15.4 Å². The Morgan fingerprint density at radius 3 is 2.76 bits per heavy atom. The molecule has 5 nitrogen and oxygen atoms in total. The molecule has 1 aliphatic rings. The van der Waals surface area contributed by atoms with Gasteiger partial charge < -0.3 is 4.74 Å². The minimum absolute atomic E-state index is 0.130. The Morgan fingerprint density at radius 2 is 2.06 bits per heavy atom. The molecule has 1 aromatic rings. The van der Waals surface area contributed by atoms with E-state index in [4.69, 9.17) is 27.9 Å². The molecule has 2 rings (SSSR count). The first-order valence-corrected chi connectivity index (χ1v) is 5.88. The van der Waals surface area contributed by atoms with Crippen LogP contribution in [0.3, 0.4) is 0 Å². The Morgan fingerprint density at radius 1 is 1.35 bits per heavy atom. The zero-order valence-electron chi connectivity index (χ0n) is 8.95. The lowest BCUT2D eigenvalue weighted by Gasteiger charge is -2.26. The minimum atomic E-state index is -0.362. The summed E-state index contributed by atoms with van der Waals surface area (Å²) in [6, 6.07) is 3.08. The van der Waals surface area contributed by atoms with Crippen LogP contribution < -0.4 is 5.43 Å². The summed E-state index contributed by atoms with van der Waals surface area (Å²) in [5.41, 5.74) is 2.84. The molecule has 1 saturated heterocycles. The Bertz CT molecular complexity index is 422. The van der Waals surface area contributed by atoms with Crippen LogP contribution in [0.4, 0.5) is 0 Å². The van der Waals surface area contributed by atoms with E-state index in [2.05, 4.69) is 10.4 Å². The summed E-state index contributed by atoms with van der Waals surface area (Å²) in [5, 5.41) is 2.28. The number of pyridine rings is 1. The molecule has 0 aromatic carbocycles. The van der Waals surface area contributed by atoms with Crippen LogP contribution in [0.2, 0.25) is 10.2 Å². The summed E-state index contributed by atoms with van der Waals surface area (Å²) in [4.78, 5) is 15.8. The average Bonchev–Trinajstić information content (AvgIpc) is 2.33. The monoisotopic (exact) mass is 275 g/mol. The third-order valence-electron chi connectivity index (χ3n) is 2.30. The normalized spacial score (nSPS) is 16.8. The maximum atomic E-state index is 11.9. The minimum Gasteiger partial charge on any atom is -0.379 e. The molecular weight excluding hydrogens is 265 g/mol. The summed E-state index contributed by atoms with van der Waals surface area (Å²) < 4.78 is 5.17. The quantitative estimate of drug-likeness (QED) is 0.829. The van der Waals surface area contributed by atoms with Crippen LogP contribution >= 0.6 is 23.2 Å². The number of halogens is 2. The standard InChI is InChI=1S/C10H11Cl2N3O2/c11-7-1-2-8(12)13-9(7)10(16)14-15-3-5-17-6-4-15/h1-2H,3-6H2,(H,14,16). The third-order valence-corrected chi connectivity index (χ3v) is 2.81. The van der Waals surface area contributed by atoms with Crippen molar-refractivity contribution < 1.29 is 9.53 Å². The van der Waals surface area contributed by atoms with Gasteiger partial charge >= 0.3 is 0 Å². The fraction of sp³-hybridized carbons (Fsp3) is 0.400. The predicted octanol–water partition coefficient (Wildman–Crippen LogP) is 1.37. The summed E-state index contributed by atoms with van der Waals surface area (Å²) in [6.07, 6.45) is 0. The lowest BCUT2D eigenvalue weighted by atomic mass is 10.3. The maximum absolute atomic E-state index is 11.9. The molecular formula is C10H11Cl2N3O2. The summed E-state index contributed by atoms with van der Waals surface area (Å²) >= 11 is 11.6. The molecule has 0 spiro atoms. The number of rotatable bonds is 2. The van der Waals surface area contributed by atoms with Crippen LogP contribution in [-0.2, 0) is 4.74 Å². The molecule has 1 aliphatic heterocycles. The number of nitrogens with zero attached hydrogens (tertiary/aromatic N) is 2. The Hall–Kier alpha value is -0.880. The number of carbonyl (C=O) groups excluding carboxylic acids is 1. The van der Waals surface area contributed by atoms with Gasteiger partial charge in [-0.3, -0.25) is 10.2 Å². The second-order valence-corrected chi connectivity index (χ2v) is 4.30. The summed E-state index contributed by atoms with van der Waals surface area (Å²) in [7, 11) is 0. The second-order valence-electron chi connectivity index (χ2n) is 3.50. The number of hydrazine groups is 1. The average molecular weight is 276 g/mol. The highest BCUT2D eigenvalue weighted by Gasteiger charge is 2.17. The highest BCUT2D eigenvalue weighted by molar-refractivity contribution is 6.34. The van der Waals surface area contributed by atoms with Crippen LogP contribution in [0, 0.1) is 0 Å². The van der Waals surface area contributed by atoms with Crippen LogP contribution in [0.25, 0.3) is 0 Å². The molecule has 92 valence electrons. The summed E-state index contributed by atoms with van der Waals surface area (Å²) in [5.74, 6) is -0.362. The largest absolute Gasteiger partial charge is 0.379 e. The van der Waals surface area contributed by atoms with E-state index in [1.807, 2.05) is 0 Å². The van der Waals surface area contributed by atoms with Gasteiger partial charge in [0.1, 0.15) is 10.8 Å². The van der Waals surface area contributed by atoms with Crippen molar-refractivity contribution in [2.75, 3.05) is 26.3 Å². The molecule has 17 heavy (non-hydrogen) atoms. The van der Waals surface area contributed by atoms with Gasteiger partial charge in [-0.05, 0) is 12.1 Å². The fourth-order valence-corrected chi connectivity index (χ4v) is 1.79. The lowest BCUT2D eigenvalue weighted by molar-refractivity contribution is 0.0124. The number of hydrogen-bond acceptors (Lipinski definition) is 4. The van der Waals surface area contributed by atoms with Crippen LogP contribution in [-0.4, -0.2) is 42.2 Å². The van der Waals surface area contributed by atoms with Crippen molar-refractivity contribution in [3.63, 3.8) is 0 Å². The van der Waals surface area contributed by atoms with Gasteiger partial charge in [-0.2, -0.15) is 0 Å². The number of aromatic nitrogens is 1. The number of ether oxygens (including phenoxy) is 1. The van der Waals surface area contributed by atoms with E-state index in [-0.39, 0.29) is 21.8 Å². The maximum Gasteiger partial charge on any atom is 0.285 e. The molecule has 0 bridgehead atoms. The van der Waals surface area contributed by atoms with E-state index in [1.165, 1.54) is 6.07 Å². The molecule has 0 aliphatic carbocycles. The molecule has 1 amide bonds. The number of nitrogens with one attached hydrogen (secondary N) is 1. The van der Waals surface area contributed by atoms with E-state index in [0.717, 1.165) is 0 Å². The molecule has 0 unspecified atom stereocenters. The fourth-order valence-electron chi connectivity index (χ4n) is 1.45. The topological polar surface area (TPSA) is 54.5 Å². The van der Waals surface area contributed by atoms with Crippen LogP contribution in [0.5, 0.6) is 0 Å². The Kier molecular flexibility index (Phi) is 4.17. The van der Waals surface area contributed by atoms with E-state index in [0.29, 0.717) is 26.3 Å². The molecule has 7 heteroatoms. The van der Waals surface area contributed by atoms with Crippen molar-refractivity contribution in [3.05, 3.63) is 28.0 Å². The zero-order chi connectivity index (χ0) is 12.3. The number of carbonyl (C=O) groups is 1. The van der Waals surface area contributed by atoms with Crippen molar-refractivity contribution in [2.45, 2.75) is 0 Å². The van der Waals surface area contributed by atoms with Gasteiger partial charge in [-0.25, -0.2) is 9.99 Å². The lowest BCUT2D eigenvalue weighted by Crippen LogP contribution is -2.48. The van der Waals surface area contributed by atoms with E-state index in [9.17, 15) is 4.79 Å². The van der Waals surface area contributed by atoms with Crippen molar-refractivity contribution in [3.8, 4) is 0 Å². The first-order valence-electron chi connectivity index (χ1n) is 5.12. The van der Waals surface area contributed by atoms with Gasteiger partial charge in [-0.1, -0.05) is 23.2 Å². The molecule has 0 atom stereocenters. The highest BCUT2D eigenvalue weighted by atomic mass is 35.5. The van der Waals surface area contributed by atoms with E-state index < -0.39 is 0 Å². The third kappa shape index (κ3) is 3.29. The predicted molar refractivity (Wildman–Crippen MR) is 64.1 cm³/mol. The van der Waals surface area contributed by atoms with E-state index in [1.54, 1.807) is 11.1 Å². The first-order chi connectivity index (χ1) is 8.16. The molecule has 0 saturated carbocycles. The SMILES string of the molecule is O=C(NN1CCOCC1)c1nc(Cl)ccc1Cl. The molecule has 0 radical (unpaired) electrons. The molecule has 1 aromatic heterocycles. The van der Waals surface area contributed by atoms with Crippen molar-refractivity contribution >= 4 is 29.1 Å². The highest BCUT2D eigenvalue weighted by Crippen LogP contribution is 2.16. The van der Waals surface area contributed by atoms with Gasteiger partial charge in [0, 0.05) is 13.1 Å².